The topological polar surface area (TPSA) is 178 Å². The number of aromatic nitrogens is 4. The van der Waals surface area contributed by atoms with Crippen molar-refractivity contribution in [2.75, 3.05) is 27.3 Å². The lowest BCUT2D eigenvalue weighted by Gasteiger charge is -2.28. The number of nitrogens with zero attached hydrogens (tertiary/aromatic N) is 5. The van der Waals surface area contributed by atoms with Crippen molar-refractivity contribution in [2.45, 2.75) is 111 Å². The largest absolute Gasteiger partial charge is 0.497 e. The SMILES string of the molecule is C=CCN(C(=O)Cn1nc(C(=O)C(C)C)c2ccc(OC)cc21)C1CCCC1.C=CCNC1CCCC1.CB(O)P.COc1ccc2c(C(=O)C(C)C)nn(CC(=O)O)c2c1. The molecule has 0 spiro atoms. The van der Waals surface area contributed by atoms with Crippen LogP contribution < -0.4 is 14.8 Å². The molecule has 2 aromatic heterocycles. The van der Waals surface area contributed by atoms with Crippen molar-refractivity contribution in [1.82, 2.24) is 29.8 Å². The van der Waals surface area contributed by atoms with E-state index in [1.807, 2.05) is 43.0 Å². The van der Waals surface area contributed by atoms with Gasteiger partial charge in [-0.2, -0.15) is 10.2 Å². The Morgan fingerprint density at radius 2 is 1.28 bits per heavy atom. The Morgan fingerprint density at radius 3 is 1.67 bits per heavy atom. The minimum Gasteiger partial charge on any atom is -0.497 e. The van der Waals surface area contributed by atoms with Crippen LogP contribution in [0.3, 0.4) is 0 Å². The number of nitrogens with one attached hydrogen (secondary N) is 1. The molecule has 2 aliphatic rings. The maximum absolute atomic E-state index is 13.1. The highest BCUT2D eigenvalue weighted by Crippen LogP contribution is 2.28. The maximum atomic E-state index is 13.1. The highest BCUT2D eigenvalue weighted by molar-refractivity contribution is 7.59. The smallest absolute Gasteiger partial charge is 0.325 e. The Kier molecular flexibility index (Phi) is 20.8. The number of fused-ring (bicyclic) bond motifs is 2. The molecular formula is C45H66BN6O8P. The van der Waals surface area contributed by atoms with E-state index in [-0.39, 0.29) is 55.1 Å². The number of ketones is 2. The van der Waals surface area contributed by atoms with Gasteiger partial charge in [-0.3, -0.25) is 28.5 Å². The lowest BCUT2D eigenvalue weighted by molar-refractivity contribution is -0.138. The van der Waals surface area contributed by atoms with Gasteiger partial charge >= 0.3 is 12.6 Å². The Balaban J connectivity index is 0.000000259. The number of Topliss-reactive ketones (excluding diaryl/α,β-unsaturated/α-hetero) is 2. The maximum Gasteiger partial charge on any atom is 0.325 e. The summed E-state index contributed by atoms with van der Waals surface area (Å²) in [5.41, 5.74) is 2.04. The standard InChI is InChI=1S/C22H29N3O3.C14H16N2O4.C8H15N.CH6BOP/c1-5-12-24(16-8-6-7-9-16)20(26)14-25-19-13-17(28-4)10-11-18(19)21(23-25)22(27)15(2)3;1-8(2)14(19)13-10-5-4-9(20-3)6-11(10)16(15-13)7-12(17)18;1-2-7-9-8-5-3-4-6-8;1-2(3)4/h5,10-11,13,15-16H,1,6-9,12,14H2,2-4H3;4-6,8H,7H2,1-3H3,(H,17,18);2,8-9H,1,3-7H2;3H,4H2,1H3. The minimum absolute atomic E-state index is 0.00238. The first kappa shape index (κ1) is 50.5. The van der Waals surface area contributed by atoms with Gasteiger partial charge in [-0.15, -0.1) is 22.3 Å². The molecule has 16 heteroatoms. The average Bonchev–Trinajstić information content (AvgIpc) is 4.06. The van der Waals surface area contributed by atoms with Crippen LogP contribution in [-0.4, -0.2) is 104 Å². The van der Waals surface area contributed by atoms with Crippen molar-refractivity contribution in [2.24, 2.45) is 11.8 Å². The van der Waals surface area contributed by atoms with E-state index in [0.717, 1.165) is 49.2 Å². The molecule has 1 unspecified atom stereocenters. The number of hydrogen-bond acceptors (Lipinski definition) is 10. The monoisotopic (exact) mass is 860 g/mol. The first-order chi connectivity index (χ1) is 29.1. The zero-order valence-corrected chi connectivity index (χ0v) is 38.2. The summed E-state index contributed by atoms with van der Waals surface area (Å²) in [5.74, 6) is -0.253. The number of rotatable bonds is 16. The van der Waals surface area contributed by atoms with Crippen molar-refractivity contribution in [3.8, 4) is 11.5 Å². The van der Waals surface area contributed by atoms with E-state index in [9.17, 15) is 19.2 Å². The Labute approximate surface area is 363 Å². The Bertz CT molecular complexity index is 2080. The van der Waals surface area contributed by atoms with Gasteiger partial charge in [-0.25, -0.2) is 0 Å². The van der Waals surface area contributed by atoms with Gasteiger partial charge in [0, 0.05) is 59.9 Å². The molecule has 332 valence electrons. The fourth-order valence-corrected chi connectivity index (χ4v) is 7.25. The van der Waals surface area contributed by atoms with E-state index in [4.69, 9.17) is 19.6 Å². The number of carbonyl (C=O) groups is 4. The molecule has 61 heavy (non-hydrogen) atoms. The number of benzene rings is 2. The molecule has 2 heterocycles. The molecule has 3 N–H and O–H groups in total. The van der Waals surface area contributed by atoms with E-state index < -0.39 is 5.97 Å². The van der Waals surface area contributed by atoms with E-state index in [1.54, 1.807) is 56.7 Å². The third kappa shape index (κ3) is 14.9. The zero-order valence-electron chi connectivity index (χ0n) is 37.1. The van der Waals surface area contributed by atoms with Crippen LogP contribution in [0.2, 0.25) is 6.82 Å². The van der Waals surface area contributed by atoms with Gasteiger partial charge in [0.15, 0.2) is 11.6 Å². The summed E-state index contributed by atoms with van der Waals surface area (Å²) in [6.45, 7) is 17.5. The predicted molar refractivity (Wildman–Crippen MR) is 247 cm³/mol. The second-order valence-electron chi connectivity index (χ2n) is 15.9. The summed E-state index contributed by atoms with van der Waals surface area (Å²) in [6.07, 6.45) is 13.6. The molecule has 1 amide bonds. The van der Waals surface area contributed by atoms with Crippen molar-refractivity contribution in [3.05, 3.63) is 73.1 Å². The second kappa shape index (κ2) is 25.2. The molecule has 2 fully saturated rings. The van der Waals surface area contributed by atoms with Gasteiger partial charge < -0.3 is 29.8 Å². The summed E-state index contributed by atoms with van der Waals surface area (Å²) < 4.78 is 13.4. The van der Waals surface area contributed by atoms with Crippen LogP contribution in [0.25, 0.3) is 21.8 Å². The zero-order chi connectivity index (χ0) is 45.2. The molecule has 0 bridgehead atoms. The average molecular weight is 861 g/mol. The van der Waals surface area contributed by atoms with E-state index in [1.165, 1.54) is 37.5 Å². The molecule has 0 radical (unpaired) electrons. The van der Waals surface area contributed by atoms with Gasteiger partial charge in [0.1, 0.15) is 36.0 Å². The van der Waals surface area contributed by atoms with E-state index in [0.29, 0.717) is 40.3 Å². The van der Waals surface area contributed by atoms with Gasteiger partial charge in [0.25, 0.3) is 0 Å². The van der Waals surface area contributed by atoms with Gasteiger partial charge in [-0.05, 0) is 49.9 Å². The third-order valence-corrected chi connectivity index (χ3v) is 10.3. The van der Waals surface area contributed by atoms with Crippen LogP contribution in [0, 0.1) is 11.8 Å². The van der Waals surface area contributed by atoms with Crippen LogP contribution in [0.4, 0.5) is 0 Å². The van der Waals surface area contributed by atoms with Crippen LogP contribution in [0.15, 0.2) is 61.7 Å². The minimum atomic E-state index is -1.01. The number of hydrogen-bond donors (Lipinski definition) is 3. The fourth-order valence-electron chi connectivity index (χ4n) is 7.25. The number of amides is 1. The molecule has 2 aliphatic carbocycles. The first-order valence-corrected chi connectivity index (χ1v) is 21.8. The van der Waals surface area contributed by atoms with Crippen LogP contribution in [0.1, 0.15) is 100 Å². The molecule has 6 rings (SSSR count). The summed E-state index contributed by atoms with van der Waals surface area (Å²) in [7, 11) is 5.34. The number of aliphatic carboxylic acids is 1. The van der Waals surface area contributed by atoms with Gasteiger partial charge in [-0.1, -0.05) is 72.4 Å². The molecule has 1 atom stereocenters. The molecule has 0 aliphatic heterocycles. The molecule has 2 saturated carbocycles. The van der Waals surface area contributed by atoms with Crippen LogP contribution >= 0.6 is 9.12 Å². The van der Waals surface area contributed by atoms with E-state index in [2.05, 4.69) is 37.8 Å². The number of methoxy groups -OCH3 is 2. The predicted octanol–water partition coefficient (Wildman–Crippen LogP) is 7.49. The summed E-state index contributed by atoms with van der Waals surface area (Å²) in [5, 5.41) is 30.5. The van der Waals surface area contributed by atoms with Crippen LogP contribution in [0.5, 0.6) is 11.5 Å². The Morgan fingerprint density at radius 1 is 0.836 bits per heavy atom. The van der Waals surface area contributed by atoms with Gasteiger partial charge in [0.2, 0.25) is 5.91 Å². The highest BCUT2D eigenvalue weighted by atomic mass is 31.0. The third-order valence-electron chi connectivity index (χ3n) is 10.3. The number of ether oxygens (including phenoxy) is 2. The molecule has 4 aromatic rings. The number of carbonyl (C=O) groups excluding carboxylic acids is 3. The number of carboxylic acid groups (broad SMARTS) is 1. The van der Waals surface area contributed by atoms with Crippen molar-refractivity contribution in [1.29, 1.82) is 0 Å². The normalized spacial score (nSPS) is 13.8. The second-order valence-corrected chi connectivity index (χ2v) is 16.9. The van der Waals surface area contributed by atoms with Crippen molar-refractivity contribution in [3.63, 3.8) is 0 Å². The lowest BCUT2D eigenvalue weighted by atomic mass is 10.0. The molecular weight excluding hydrogens is 794 g/mol. The van der Waals surface area contributed by atoms with Crippen LogP contribution in [-0.2, 0) is 22.7 Å². The van der Waals surface area contributed by atoms with Crippen molar-refractivity contribution >= 4 is 61.0 Å². The summed E-state index contributed by atoms with van der Waals surface area (Å²) >= 11 is 0. The Hall–Kier alpha value is -4.85. The fraction of sp³-hybridized carbons (Fsp3) is 0.511. The quantitative estimate of drug-likeness (QED) is 0.0440. The first-order valence-electron chi connectivity index (χ1n) is 21.1. The highest BCUT2D eigenvalue weighted by Gasteiger charge is 2.28. The summed E-state index contributed by atoms with van der Waals surface area (Å²) in [4.78, 5) is 50.7. The summed E-state index contributed by atoms with van der Waals surface area (Å²) in [6, 6.07) is 11.7. The van der Waals surface area contributed by atoms with Gasteiger partial charge in [0.05, 0.1) is 25.3 Å². The molecule has 2 aromatic carbocycles. The molecule has 14 nitrogen and oxygen atoms in total. The molecule has 0 saturated heterocycles. The lowest BCUT2D eigenvalue weighted by Crippen LogP contribution is -2.41. The van der Waals surface area contributed by atoms with Crippen molar-refractivity contribution < 1.29 is 38.8 Å². The van der Waals surface area contributed by atoms with E-state index >= 15 is 0 Å². The number of carboxylic acids is 1.